The molecule has 0 radical (unpaired) electrons. The van der Waals surface area contributed by atoms with E-state index in [0.717, 1.165) is 17.9 Å². The van der Waals surface area contributed by atoms with E-state index in [4.69, 9.17) is 10.5 Å². The van der Waals surface area contributed by atoms with Gasteiger partial charge in [0.25, 0.3) is 0 Å². The summed E-state index contributed by atoms with van der Waals surface area (Å²) in [5.74, 6) is -0.408. The second-order valence-electron chi connectivity index (χ2n) is 6.64. The van der Waals surface area contributed by atoms with Crippen LogP contribution < -0.4 is 20.8 Å². The van der Waals surface area contributed by atoms with Crippen molar-refractivity contribution in [3.05, 3.63) is 59.2 Å². The molecule has 0 amide bonds. The highest BCUT2D eigenvalue weighted by molar-refractivity contribution is 7.80. The quantitative estimate of drug-likeness (QED) is 0.426. The van der Waals surface area contributed by atoms with E-state index < -0.39 is 11.6 Å². The first-order valence-corrected chi connectivity index (χ1v) is 9.55. The first kappa shape index (κ1) is 20.9. The second-order valence-corrected chi connectivity index (χ2v) is 7.08. The molecule has 6 nitrogen and oxygen atoms in total. The van der Waals surface area contributed by atoms with Gasteiger partial charge in [0.2, 0.25) is 0 Å². The maximum Gasteiger partial charge on any atom is 0.184 e. The van der Waals surface area contributed by atoms with Crippen LogP contribution in [-0.2, 0) is 6.54 Å². The Bertz CT molecular complexity index is 877. The van der Waals surface area contributed by atoms with Crippen LogP contribution in [0.15, 0.2) is 41.5 Å². The molecule has 3 rings (SSSR count). The Morgan fingerprint density at radius 3 is 2.48 bits per heavy atom. The second kappa shape index (κ2) is 9.62. The summed E-state index contributed by atoms with van der Waals surface area (Å²) in [5, 5.41) is 3.70. The molecular formula is C20H23F2N5OS. The van der Waals surface area contributed by atoms with E-state index in [1.807, 2.05) is 24.3 Å². The number of nitrogens with zero attached hydrogens (tertiary/aromatic N) is 3. The number of methoxy groups -OCH3 is 1. The van der Waals surface area contributed by atoms with E-state index in [1.54, 1.807) is 12.0 Å². The number of anilines is 1. The summed E-state index contributed by atoms with van der Waals surface area (Å²) in [5.41, 5.74) is 8.97. The molecule has 2 aromatic carbocycles. The third-order valence-corrected chi connectivity index (χ3v) is 4.79. The van der Waals surface area contributed by atoms with Gasteiger partial charge < -0.3 is 15.4 Å². The molecule has 0 saturated carbocycles. The Labute approximate surface area is 173 Å². The van der Waals surface area contributed by atoms with Crippen LogP contribution in [0.5, 0.6) is 5.75 Å². The van der Waals surface area contributed by atoms with Gasteiger partial charge in [-0.1, -0.05) is 18.2 Å². The first-order chi connectivity index (χ1) is 14.0. The van der Waals surface area contributed by atoms with Crippen LogP contribution in [0.25, 0.3) is 0 Å². The predicted octanol–water partition coefficient (Wildman–Crippen LogP) is 2.46. The highest BCUT2D eigenvalue weighted by atomic mass is 32.1. The lowest BCUT2D eigenvalue weighted by Gasteiger charge is -2.36. The van der Waals surface area contributed by atoms with Crippen LogP contribution in [0.1, 0.15) is 11.1 Å². The Kier molecular flexibility index (Phi) is 6.95. The number of nitrogens with two attached hydrogens (primary N) is 1. The average Bonchev–Trinajstić information content (AvgIpc) is 2.69. The summed E-state index contributed by atoms with van der Waals surface area (Å²) in [7, 11) is 1.65. The SMILES string of the molecule is COc1ccccc1CN1CCN(c2c(F)cc(C=NNC(N)=S)cc2F)CC1. The van der Waals surface area contributed by atoms with Gasteiger partial charge in [-0.3, -0.25) is 10.3 Å². The van der Waals surface area contributed by atoms with Crippen molar-refractivity contribution >= 4 is 29.2 Å². The minimum absolute atomic E-state index is 0.0126. The van der Waals surface area contributed by atoms with Gasteiger partial charge in [0.05, 0.1) is 13.3 Å². The van der Waals surface area contributed by atoms with Crippen LogP contribution in [0.3, 0.4) is 0 Å². The number of rotatable bonds is 6. The molecule has 1 aliphatic heterocycles. The van der Waals surface area contributed by atoms with E-state index in [0.29, 0.717) is 26.2 Å². The van der Waals surface area contributed by atoms with E-state index >= 15 is 0 Å². The van der Waals surface area contributed by atoms with E-state index in [2.05, 4.69) is 27.6 Å². The van der Waals surface area contributed by atoms with Crippen molar-refractivity contribution in [2.24, 2.45) is 10.8 Å². The molecule has 29 heavy (non-hydrogen) atoms. The van der Waals surface area contributed by atoms with Crippen molar-refractivity contribution in [3.8, 4) is 5.75 Å². The first-order valence-electron chi connectivity index (χ1n) is 9.14. The fourth-order valence-electron chi connectivity index (χ4n) is 3.34. The molecule has 0 spiro atoms. The standard InChI is InChI=1S/C20H23F2N5OS/c1-28-18-5-3-2-4-15(18)13-26-6-8-27(9-7-26)19-16(21)10-14(11-17(19)22)12-24-25-20(23)29/h2-5,10-12H,6-9,13H2,1H3,(H3,23,25,29). The van der Waals surface area contributed by atoms with Crippen molar-refractivity contribution in [3.63, 3.8) is 0 Å². The van der Waals surface area contributed by atoms with Crippen molar-refractivity contribution < 1.29 is 13.5 Å². The number of hydrazone groups is 1. The molecule has 1 saturated heterocycles. The van der Waals surface area contributed by atoms with Crippen LogP contribution >= 0.6 is 12.2 Å². The Morgan fingerprint density at radius 1 is 1.21 bits per heavy atom. The molecule has 0 aliphatic carbocycles. The van der Waals surface area contributed by atoms with Gasteiger partial charge in [-0.15, -0.1) is 0 Å². The third-order valence-electron chi connectivity index (χ3n) is 4.70. The third kappa shape index (κ3) is 5.39. The van der Waals surface area contributed by atoms with Crippen molar-refractivity contribution in [1.82, 2.24) is 10.3 Å². The lowest BCUT2D eigenvalue weighted by molar-refractivity contribution is 0.245. The van der Waals surface area contributed by atoms with Crippen LogP contribution in [-0.4, -0.2) is 49.5 Å². The number of piperazine rings is 1. The topological polar surface area (TPSA) is 66.1 Å². The minimum atomic E-state index is -0.625. The maximum absolute atomic E-state index is 14.6. The fraction of sp³-hybridized carbons (Fsp3) is 0.300. The molecular weight excluding hydrogens is 396 g/mol. The van der Waals surface area contributed by atoms with Gasteiger partial charge in [0.1, 0.15) is 23.1 Å². The molecule has 0 unspecified atom stereocenters. The highest BCUT2D eigenvalue weighted by Crippen LogP contribution is 2.27. The molecule has 1 aliphatic rings. The molecule has 0 aromatic heterocycles. The number of hydrogen-bond acceptors (Lipinski definition) is 5. The zero-order chi connectivity index (χ0) is 20.8. The number of ether oxygens (including phenoxy) is 1. The highest BCUT2D eigenvalue weighted by Gasteiger charge is 2.23. The summed E-state index contributed by atoms with van der Waals surface area (Å²) < 4.78 is 34.6. The molecule has 1 heterocycles. The Morgan fingerprint density at radius 2 is 1.86 bits per heavy atom. The summed E-state index contributed by atoms with van der Waals surface area (Å²) >= 11 is 4.62. The molecule has 1 fully saturated rings. The zero-order valence-corrected chi connectivity index (χ0v) is 16.9. The number of thiocarbonyl (C=S) groups is 1. The smallest absolute Gasteiger partial charge is 0.184 e. The maximum atomic E-state index is 14.6. The summed E-state index contributed by atoms with van der Waals surface area (Å²) in [6.45, 7) is 3.17. The number of hydrogen-bond donors (Lipinski definition) is 2. The fourth-order valence-corrected chi connectivity index (χ4v) is 3.39. The molecule has 9 heteroatoms. The molecule has 2 aromatic rings. The van der Waals surface area contributed by atoms with E-state index in [9.17, 15) is 8.78 Å². The Balaban J connectivity index is 1.64. The van der Waals surface area contributed by atoms with E-state index in [-0.39, 0.29) is 16.4 Å². The number of benzene rings is 2. The minimum Gasteiger partial charge on any atom is -0.496 e. The largest absolute Gasteiger partial charge is 0.496 e. The van der Waals surface area contributed by atoms with Gasteiger partial charge >= 0.3 is 0 Å². The van der Waals surface area contributed by atoms with Gasteiger partial charge in [-0.2, -0.15) is 5.10 Å². The lowest BCUT2D eigenvalue weighted by atomic mass is 10.1. The van der Waals surface area contributed by atoms with Gasteiger partial charge in [0, 0.05) is 43.9 Å². The van der Waals surface area contributed by atoms with Gasteiger partial charge in [-0.05, 0) is 30.4 Å². The van der Waals surface area contributed by atoms with Gasteiger partial charge in [0.15, 0.2) is 5.11 Å². The van der Waals surface area contributed by atoms with Crippen LogP contribution in [0.2, 0.25) is 0 Å². The van der Waals surface area contributed by atoms with E-state index in [1.165, 1.54) is 18.3 Å². The molecule has 3 N–H and O–H groups in total. The van der Waals surface area contributed by atoms with Crippen molar-refractivity contribution in [1.29, 1.82) is 0 Å². The molecule has 0 atom stereocenters. The van der Waals surface area contributed by atoms with Crippen LogP contribution in [0.4, 0.5) is 14.5 Å². The van der Waals surface area contributed by atoms with Gasteiger partial charge in [-0.25, -0.2) is 8.78 Å². The monoisotopic (exact) mass is 419 g/mol. The summed E-state index contributed by atoms with van der Waals surface area (Å²) in [6.07, 6.45) is 1.26. The average molecular weight is 420 g/mol. The summed E-state index contributed by atoms with van der Waals surface area (Å²) in [4.78, 5) is 3.98. The number of nitrogens with one attached hydrogen (secondary N) is 1. The number of para-hydroxylation sites is 1. The zero-order valence-electron chi connectivity index (χ0n) is 16.1. The van der Waals surface area contributed by atoms with Crippen LogP contribution in [0, 0.1) is 11.6 Å². The number of halogens is 2. The van der Waals surface area contributed by atoms with Crippen molar-refractivity contribution in [2.75, 3.05) is 38.2 Å². The predicted molar refractivity (Wildman–Crippen MR) is 114 cm³/mol. The Hall–Kier alpha value is -2.78. The summed E-state index contributed by atoms with van der Waals surface area (Å²) in [6, 6.07) is 10.3. The van der Waals surface area contributed by atoms with Crippen molar-refractivity contribution in [2.45, 2.75) is 6.54 Å². The lowest BCUT2D eigenvalue weighted by Crippen LogP contribution is -2.46. The molecule has 154 valence electrons. The molecule has 0 bridgehead atoms. The normalized spacial score (nSPS) is 14.9.